The summed E-state index contributed by atoms with van der Waals surface area (Å²) >= 11 is 9.57. The third-order valence-electron chi connectivity index (χ3n) is 2.47. The number of hydrogen-bond acceptors (Lipinski definition) is 1. The number of nitrogens with zero attached hydrogens (tertiary/aromatic N) is 1. The van der Waals surface area contributed by atoms with Crippen LogP contribution in [0.4, 0.5) is 4.39 Å². The molecule has 17 heavy (non-hydrogen) atoms. The molecule has 1 aromatic heterocycles. The summed E-state index contributed by atoms with van der Waals surface area (Å²) in [6.45, 7) is 0. The molecule has 2 aromatic rings. The van der Waals surface area contributed by atoms with Gasteiger partial charge in [0.2, 0.25) is 0 Å². The standard InChI is InChI=1S/C13H10BrClFN/c14-12(9-2-1-3-11(16)6-9)7-10-4-5-17-8-13(10)15/h1-6,8,12H,7H2. The van der Waals surface area contributed by atoms with Crippen LogP contribution >= 0.6 is 27.5 Å². The summed E-state index contributed by atoms with van der Waals surface area (Å²) in [6.07, 6.45) is 4.01. The minimum atomic E-state index is -0.229. The molecular weight excluding hydrogens is 305 g/mol. The molecule has 2 rings (SSSR count). The number of halogens is 3. The largest absolute Gasteiger partial charge is 0.263 e. The lowest BCUT2D eigenvalue weighted by Gasteiger charge is -2.11. The van der Waals surface area contributed by atoms with E-state index in [1.165, 1.54) is 12.1 Å². The van der Waals surface area contributed by atoms with Crippen LogP contribution in [0.1, 0.15) is 16.0 Å². The predicted octanol–water partition coefficient (Wildman–Crippen LogP) is 4.55. The Hall–Kier alpha value is -0.930. The van der Waals surface area contributed by atoms with Gasteiger partial charge >= 0.3 is 0 Å². The molecule has 0 saturated carbocycles. The molecule has 1 aromatic carbocycles. The van der Waals surface area contributed by atoms with Gasteiger partial charge in [-0.1, -0.05) is 39.7 Å². The van der Waals surface area contributed by atoms with Crippen molar-refractivity contribution in [3.63, 3.8) is 0 Å². The summed E-state index contributed by atoms with van der Waals surface area (Å²) in [5.74, 6) is -0.229. The van der Waals surface area contributed by atoms with Gasteiger partial charge in [0.15, 0.2) is 0 Å². The molecule has 0 saturated heterocycles. The number of pyridine rings is 1. The van der Waals surface area contributed by atoms with E-state index in [2.05, 4.69) is 20.9 Å². The van der Waals surface area contributed by atoms with Crippen LogP contribution in [0.25, 0.3) is 0 Å². The van der Waals surface area contributed by atoms with Crippen LogP contribution in [-0.2, 0) is 6.42 Å². The lowest BCUT2D eigenvalue weighted by atomic mass is 10.1. The molecule has 1 atom stereocenters. The average Bonchev–Trinajstić information content (AvgIpc) is 2.32. The van der Waals surface area contributed by atoms with Gasteiger partial charge in [-0.2, -0.15) is 0 Å². The van der Waals surface area contributed by atoms with Crippen molar-refractivity contribution in [2.24, 2.45) is 0 Å². The van der Waals surface area contributed by atoms with Crippen molar-refractivity contribution in [1.82, 2.24) is 4.98 Å². The molecular formula is C13H10BrClFN. The first-order valence-corrected chi connectivity index (χ1v) is 6.44. The Morgan fingerprint density at radius 1 is 1.35 bits per heavy atom. The highest BCUT2D eigenvalue weighted by Gasteiger charge is 2.11. The minimum absolute atomic E-state index is 0.0399. The Kier molecular flexibility index (Phi) is 4.13. The van der Waals surface area contributed by atoms with Crippen molar-refractivity contribution < 1.29 is 4.39 Å². The fourth-order valence-electron chi connectivity index (χ4n) is 1.58. The van der Waals surface area contributed by atoms with Crippen molar-refractivity contribution >= 4 is 27.5 Å². The molecule has 0 aliphatic rings. The fourth-order valence-corrected chi connectivity index (χ4v) is 2.41. The number of hydrogen-bond donors (Lipinski definition) is 0. The molecule has 1 heterocycles. The van der Waals surface area contributed by atoms with E-state index in [1.54, 1.807) is 18.5 Å². The van der Waals surface area contributed by atoms with E-state index in [4.69, 9.17) is 11.6 Å². The number of alkyl halides is 1. The van der Waals surface area contributed by atoms with Gasteiger partial charge in [0.25, 0.3) is 0 Å². The van der Waals surface area contributed by atoms with Crippen LogP contribution < -0.4 is 0 Å². The van der Waals surface area contributed by atoms with Gasteiger partial charge in [-0.15, -0.1) is 0 Å². The first-order chi connectivity index (χ1) is 8.16. The maximum Gasteiger partial charge on any atom is 0.123 e. The highest BCUT2D eigenvalue weighted by atomic mass is 79.9. The predicted molar refractivity (Wildman–Crippen MR) is 71.0 cm³/mol. The van der Waals surface area contributed by atoms with Crippen LogP contribution in [0.2, 0.25) is 5.02 Å². The molecule has 0 amide bonds. The molecule has 0 radical (unpaired) electrons. The quantitative estimate of drug-likeness (QED) is 0.757. The van der Waals surface area contributed by atoms with Crippen LogP contribution in [0.15, 0.2) is 42.7 Å². The van der Waals surface area contributed by atoms with E-state index in [-0.39, 0.29) is 10.6 Å². The van der Waals surface area contributed by atoms with Gasteiger partial charge in [0.05, 0.1) is 5.02 Å². The van der Waals surface area contributed by atoms with E-state index < -0.39 is 0 Å². The molecule has 1 unspecified atom stereocenters. The van der Waals surface area contributed by atoms with E-state index in [1.807, 2.05) is 12.1 Å². The van der Waals surface area contributed by atoms with Crippen molar-refractivity contribution in [2.45, 2.75) is 11.2 Å². The zero-order chi connectivity index (χ0) is 12.3. The van der Waals surface area contributed by atoms with Crippen LogP contribution in [-0.4, -0.2) is 4.98 Å². The first kappa shape index (κ1) is 12.5. The second-order valence-corrected chi connectivity index (χ2v) is 5.21. The van der Waals surface area contributed by atoms with Crippen molar-refractivity contribution in [3.8, 4) is 0 Å². The second kappa shape index (κ2) is 5.61. The SMILES string of the molecule is Fc1cccc(C(Br)Cc2ccncc2Cl)c1. The molecule has 0 aliphatic heterocycles. The fraction of sp³-hybridized carbons (Fsp3) is 0.154. The molecule has 1 nitrogen and oxygen atoms in total. The maximum absolute atomic E-state index is 13.1. The van der Waals surface area contributed by atoms with E-state index >= 15 is 0 Å². The molecule has 0 bridgehead atoms. The lowest BCUT2D eigenvalue weighted by Crippen LogP contribution is -1.97. The zero-order valence-corrected chi connectivity index (χ0v) is 11.2. The van der Waals surface area contributed by atoms with Gasteiger partial charge in [0, 0.05) is 17.2 Å². The van der Waals surface area contributed by atoms with Crippen molar-refractivity contribution in [1.29, 1.82) is 0 Å². The minimum Gasteiger partial charge on any atom is -0.263 e. The summed E-state index contributed by atoms with van der Waals surface area (Å²) < 4.78 is 13.1. The van der Waals surface area contributed by atoms with Gasteiger partial charge in [0.1, 0.15) is 5.82 Å². The molecule has 88 valence electrons. The highest BCUT2D eigenvalue weighted by molar-refractivity contribution is 9.09. The lowest BCUT2D eigenvalue weighted by molar-refractivity contribution is 0.625. The summed E-state index contributed by atoms with van der Waals surface area (Å²) in [5.41, 5.74) is 1.89. The van der Waals surface area contributed by atoms with Crippen molar-refractivity contribution in [2.75, 3.05) is 0 Å². The Labute approximate surface area is 113 Å². The zero-order valence-electron chi connectivity index (χ0n) is 8.91. The number of aromatic nitrogens is 1. The molecule has 0 fully saturated rings. The van der Waals surface area contributed by atoms with Gasteiger partial charge in [-0.25, -0.2) is 4.39 Å². The van der Waals surface area contributed by atoms with Crippen molar-refractivity contribution in [3.05, 3.63) is 64.7 Å². The third-order valence-corrected chi connectivity index (χ3v) is 3.66. The van der Waals surface area contributed by atoms with E-state index in [9.17, 15) is 4.39 Å². The van der Waals surface area contributed by atoms with Crippen LogP contribution in [0.3, 0.4) is 0 Å². The molecule has 0 spiro atoms. The summed E-state index contributed by atoms with van der Waals surface area (Å²) in [7, 11) is 0. The number of benzene rings is 1. The first-order valence-electron chi connectivity index (χ1n) is 5.15. The Balaban J connectivity index is 2.17. The number of rotatable bonds is 3. The molecule has 4 heteroatoms. The second-order valence-electron chi connectivity index (χ2n) is 3.69. The normalized spacial score (nSPS) is 12.4. The monoisotopic (exact) mass is 313 g/mol. The van der Waals surface area contributed by atoms with E-state index in [0.29, 0.717) is 11.4 Å². The maximum atomic E-state index is 13.1. The summed E-state index contributed by atoms with van der Waals surface area (Å²) in [6, 6.07) is 8.41. The van der Waals surface area contributed by atoms with Gasteiger partial charge in [-0.3, -0.25) is 4.98 Å². The Morgan fingerprint density at radius 3 is 2.88 bits per heavy atom. The smallest absolute Gasteiger partial charge is 0.123 e. The highest BCUT2D eigenvalue weighted by Crippen LogP contribution is 2.29. The summed E-state index contributed by atoms with van der Waals surface area (Å²) in [4.78, 5) is 3.97. The average molecular weight is 315 g/mol. The third kappa shape index (κ3) is 3.27. The summed E-state index contributed by atoms with van der Waals surface area (Å²) in [5, 5.41) is 0.633. The topological polar surface area (TPSA) is 12.9 Å². The Bertz CT molecular complexity index is 518. The molecule has 0 N–H and O–H groups in total. The Morgan fingerprint density at radius 2 is 2.18 bits per heavy atom. The van der Waals surface area contributed by atoms with Crippen LogP contribution in [0.5, 0.6) is 0 Å². The van der Waals surface area contributed by atoms with Gasteiger partial charge in [-0.05, 0) is 35.7 Å². The van der Waals surface area contributed by atoms with E-state index in [0.717, 1.165) is 11.1 Å². The van der Waals surface area contributed by atoms with Crippen LogP contribution in [0, 0.1) is 5.82 Å². The van der Waals surface area contributed by atoms with Gasteiger partial charge < -0.3 is 0 Å². The molecule has 0 aliphatic carbocycles.